The molecule has 1 saturated heterocycles. The normalized spacial score (nSPS) is 30.4. The van der Waals surface area contributed by atoms with Crippen LogP contribution in [0.25, 0.3) is 0 Å². The summed E-state index contributed by atoms with van der Waals surface area (Å²) in [6, 6.07) is 0. The quantitative estimate of drug-likeness (QED) is 0.623. The number of ether oxygens (including phenoxy) is 1. The van der Waals surface area contributed by atoms with Gasteiger partial charge in [-0.05, 0) is 13.8 Å². The number of carboxylic acids is 1. The van der Waals surface area contributed by atoms with E-state index in [1.54, 1.807) is 0 Å². The van der Waals surface area contributed by atoms with Crippen molar-refractivity contribution in [3.63, 3.8) is 0 Å². The first-order valence-electron chi connectivity index (χ1n) is 3.06. The Morgan fingerprint density at radius 1 is 1.80 bits per heavy atom. The average Bonchev–Trinajstić information content (AvgIpc) is 2.10. The number of hydrogen-bond donors (Lipinski definition) is 1. The molecule has 1 unspecified atom stereocenters. The third-order valence-electron chi connectivity index (χ3n) is 1.28. The van der Waals surface area contributed by atoms with Crippen LogP contribution in [-0.2, 0) is 9.53 Å². The highest BCUT2D eigenvalue weighted by Gasteiger charge is 2.36. The Hall–Kier alpha value is -0.220. The Morgan fingerprint density at radius 2 is 2.40 bits per heavy atom. The Labute approximate surface area is 63.8 Å². The van der Waals surface area contributed by atoms with E-state index in [2.05, 4.69) is 0 Å². The third-order valence-corrected chi connectivity index (χ3v) is 2.54. The fourth-order valence-corrected chi connectivity index (χ4v) is 1.76. The molecule has 0 saturated carbocycles. The van der Waals surface area contributed by atoms with Crippen LogP contribution in [-0.4, -0.2) is 27.9 Å². The van der Waals surface area contributed by atoms with E-state index in [1.165, 1.54) is 11.8 Å². The number of carbonyl (C=O) groups is 1. The summed E-state index contributed by atoms with van der Waals surface area (Å²) in [5.41, 5.74) is 0. The van der Waals surface area contributed by atoms with E-state index >= 15 is 0 Å². The van der Waals surface area contributed by atoms with Gasteiger partial charge in [-0.1, -0.05) is 0 Å². The van der Waals surface area contributed by atoms with Crippen LogP contribution in [0.3, 0.4) is 0 Å². The van der Waals surface area contributed by atoms with Crippen molar-refractivity contribution in [1.29, 1.82) is 0 Å². The highest BCUT2D eigenvalue weighted by molar-refractivity contribution is 8.00. The molecule has 1 fully saturated rings. The maximum absolute atomic E-state index is 10.4. The predicted octanol–water partition coefficient (Wildman–Crippen LogP) is 0.939. The second-order valence-corrected chi connectivity index (χ2v) is 4.26. The van der Waals surface area contributed by atoms with Crippen molar-refractivity contribution >= 4 is 17.7 Å². The minimum absolute atomic E-state index is 0.316. The maximum Gasteiger partial charge on any atom is 0.333 e. The topological polar surface area (TPSA) is 46.5 Å². The van der Waals surface area contributed by atoms with Crippen LogP contribution in [0.4, 0.5) is 0 Å². The van der Waals surface area contributed by atoms with Crippen molar-refractivity contribution in [2.24, 2.45) is 0 Å². The fourth-order valence-electron chi connectivity index (χ4n) is 0.809. The van der Waals surface area contributed by atoms with Crippen molar-refractivity contribution in [1.82, 2.24) is 0 Å². The van der Waals surface area contributed by atoms with Gasteiger partial charge < -0.3 is 9.84 Å². The van der Waals surface area contributed by atoms with Gasteiger partial charge in [0.15, 0.2) is 6.10 Å². The molecule has 1 N–H and O–H groups in total. The molecule has 0 aromatic heterocycles. The zero-order chi connectivity index (χ0) is 7.78. The molecule has 0 aromatic carbocycles. The Bertz CT molecular complexity index is 155. The number of carboxylic acid groups (broad SMARTS) is 1. The zero-order valence-electron chi connectivity index (χ0n) is 5.96. The Morgan fingerprint density at radius 3 is 2.60 bits per heavy atom. The van der Waals surface area contributed by atoms with Gasteiger partial charge in [0.25, 0.3) is 0 Å². The van der Waals surface area contributed by atoms with Crippen molar-refractivity contribution < 1.29 is 14.6 Å². The van der Waals surface area contributed by atoms with E-state index in [9.17, 15) is 4.79 Å². The van der Waals surface area contributed by atoms with E-state index in [4.69, 9.17) is 9.84 Å². The fraction of sp³-hybridized carbons (Fsp3) is 0.833. The molecule has 0 spiro atoms. The molecule has 0 bridgehead atoms. The van der Waals surface area contributed by atoms with Crippen LogP contribution >= 0.6 is 11.8 Å². The van der Waals surface area contributed by atoms with E-state index in [1.807, 2.05) is 13.8 Å². The summed E-state index contributed by atoms with van der Waals surface area (Å²) in [6.07, 6.45) is -0.611. The molecule has 1 aliphatic heterocycles. The summed E-state index contributed by atoms with van der Waals surface area (Å²) < 4.78 is 5.17. The molecule has 0 aromatic rings. The standard InChI is InChI=1S/C6H10O3S/c1-6(2)9-4(3-10-6)5(7)8/h4H,3H2,1-2H3,(H,7,8). The number of thioether (sulfide) groups is 1. The lowest BCUT2D eigenvalue weighted by Crippen LogP contribution is -2.25. The summed E-state index contributed by atoms with van der Waals surface area (Å²) in [6.45, 7) is 3.75. The van der Waals surface area contributed by atoms with Crippen LogP contribution in [0.5, 0.6) is 0 Å². The highest BCUT2D eigenvalue weighted by Crippen LogP contribution is 2.35. The molecular formula is C6H10O3S. The van der Waals surface area contributed by atoms with E-state index < -0.39 is 12.1 Å². The van der Waals surface area contributed by atoms with E-state index in [-0.39, 0.29) is 4.93 Å². The monoisotopic (exact) mass is 162 g/mol. The zero-order valence-corrected chi connectivity index (χ0v) is 6.77. The Kier molecular flexibility index (Phi) is 1.92. The van der Waals surface area contributed by atoms with Gasteiger partial charge >= 0.3 is 5.97 Å². The van der Waals surface area contributed by atoms with Gasteiger partial charge in [0.1, 0.15) is 4.93 Å². The van der Waals surface area contributed by atoms with Crippen molar-refractivity contribution in [2.75, 3.05) is 5.75 Å². The van der Waals surface area contributed by atoms with Gasteiger partial charge in [-0.15, -0.1) is 11.8 Å². The number of aliphatic carboxylic acids is 1. The summed E-state index contributed by atoms with van der Waals surface area (Å²) in [5.74, 6) is -0.305. The van der Waals surface area contributed by atoms with Gasteiger partial charge in [-0.2, -0.15) is 0 Å². The lowest BCUT2D eigenvalue weighted by molar-refractivity contribution is -0.151. The minimum atomic E-state index is -0.863. The van der Waals surface area contributed by atoms with Crippen LogP contribution in [0, 0.1) is 0 Å². The van der Waals surface area contributed by atoms with Crippen LogP contribution in [0.1, 0.15) is 13.8 Å². The van der Waals surface area contributed by atoms with Gasteiger partial charge in [-0.3, -0.25) is 0 Å². The summed E-state index contributed by atoms with van der Waals surface area (Å²) in [7, 11) is 0. The van der Waals surface area contributed by atoms with Crippen LogP contribution in [0.15, 0.2) is 0 Å². The Balaban J connectivity index is 2.51. The molecule has 1 rings (SSSR count). The van der Waals surface area contributed by atoms with Gasteiger partial charge in [-0.25, -0.2) is 4.79 Å². The van der Waals surface area contributed by atoms with Crippen molar-refractivity contribution in [2.45, 2.75) is 24.9 Å². The first-order valence-corrected chi connectivity index (χ1v) is 4.04. The molecule has 0 aliphatic carbocycles. The molecule has 10 heavy (non-hydrogen) atoms. The maximum atomic E-state index is 10.4. The second kappa shape index (κ2) is 2.43. The molecule has 0 radical (unpaired) electrons. The van der Waals surface area contributed by atoms with Gasteiger partial charge in [0.2, 0.25) is 0 Å². The minimum Gasteiger partial charge on any atom is -0.479 e. The molecule has 3 nitrogen and oxygen atoms in total. The summed E-state index contributed by atoms with van der Waals surface area (Å²) in [4.78, 5) is 10.0. The van der Waals surface area contributed by atoms with Crippen molar-refractivity contribution in [3.8, 4) is 0 Å². The first kappa shape index (κ1) is 7.88. The third kappa shape index (κ3) is 1.64. The van der Waals surface area contributed by atoms with Gasteiger partial charge in [0, 0.05) is 5.75 Å². The number of hydrogen-bond acceptors (Lipinski definition) is 3. The van der Waals surface area contributed by atoms with E-state index in [0.717, 1.165) is 0 Å². The first-order chi connectivity index (χ1) is 4.51. The van der Waals surface area contributed by atoms with Crippen LogP contribution < -0.4 is 0 Å². The molecule has 1 atom stereocenters. The molecule has 58 valence electrons. The van der Waals surface area contributed by atoms with E-state index in [0.29, 0.717) is 5.75 Å². The largest absolute Gasteiger partial charge is 0.479 e. The summed E-state index contributed by atoms with van der Waals surface area (Å²) in [5, 5.41) is 8.51. The lowest BCUT2D eigenvalue weighted by atomic mass is 10.4. The average molecular weight is 162 g/mol. The number of rotatable bonds is 1. The second-order valence-electron chi connectivity index (χ2n) is 2.66. The molecule has 1 aliphatic rings. The van der Waals surface area contributed by atoms with Gasteiger partial charge in [0.05, 0.1) is 0 Å². The predicted molar refractivity (Wildman–Crippen MR) is 39.0 cm³/mol. The molecule has 4 heteroatoms. The highest BCUT2D eigenvalue weighted by atomic mass is 32.2. The SMILES string of the molecule is CC1(C)OC(C(=O)O)CS1. The van der Waals surface area contributed by atoms with Crippen LogP contribution in [0.2, 0.25) is 0 Å². The molecule has 1 heterocycles. The lowest BCUT2D eigenvalue weighted by Gasteiger charge is -2.15. The van der Waals surface area contributed by atoms with Crippen molar-refractivity contribution in [3.05, 3.63) is 0 Å². The smallest absolute Gasteiger partial charge is 0.333 e. The molecular weight excluding hydrogens is 152 g/mol. The molecule has 0 amide bonds. The summed E-state index contributed by atoms with van der Waals surface area (Å²) >= 11 is 1.53.